The smallest absolute Gasteiger partial charge is 0.407 e. The maximum Gasteiger partial charge on any atom is 0.407 e. The van der Waals surface area contributed by atoms with Crippen LogP contribution in [0.2, 0.25) is 0 Å². The van der Waals surface area contributed by atoms with E-state index in [9.17, 15) is 9.59 Å². The SMILES string of the molecule is CC(C)(C)OC(=O)C[C@H](CNC(=O)OCc1ccccc1)[C@H]1C[C@@H](C2(C)OCCO2)C1(C)C. The van der Waals surface area contributed by atoms with Crippen molar-refractivity contribution in [2.24, 2.45) is 23.2 Å². The average molecular weight is 462 g/mol. The average Bonchev–Trinajstić information content (AvgIpc) is 3.15. The van der Waals surface area contributed by atoms with E-state index < -0.39 is 17.5 Å². The van der Waals surface area contributed by atoms with Gasteiger partial charge in [0.25, 0.3) is 0 Å². The molecule has 1 aromatic carbocycles. The van der Waals surface area contributed by atoms with Crippen LogP contribution in [0, 0.1) is 23.2 Å². The molecule has 0 bridgehead atoms. The second kappa shape index (κ2) is 10.0. The van der Waals surface area contributed by atoms with Crippen molar-refractivity contribution in [2.45, 2.75) is 72.4 Å². The Morgan fingerprint density at radius 1 is 1.12 bits per heavy atom. The summed E-state index contributed by atoms with van der Waals surface area (Å²) in [5.74, 6) is -0.526. The Morgan fingerprint density at radius 3 is 2.33 bits per heavy atom. The molecule has 0 radical (unpaired) electrons. The molecule has 7 nitrogen and oxygen atoms in total. The van der Waals surface area contributed by atoms with Crippen LogP contribution in [0.4, 0.5) is 4.79 Å². The number of esters is 1. The number of carbonyl (C=O) groups excluding carboxylic acids is 2. The number of nitrogens with one attached hydrogen (secondary N) is 1. The van der Waals surface area contributed by atoms with E-state index in [1.807, 2.05) is 58.0 Å². The first kappa shape index (κ1) is 25.5. The minimum Gasteiger partial charge on any atom is -0.460 e. The van der Waals surface area contributed by atoms with Crippen LogP contribution in [0.3, 0.4) is 0 Å². The highest BCUT2D eigenvalue weighted by atomic mass is 16.7. The molecular weight excluding hydrogens is 422 g/mol. The van der Waals surface area contributed by atoms with Crippen LogP contribution in [-0.4, -0.2) is 43.2 Å². The highest BCUT2D eigenvalue weighted by Gasteiger charge is 2.60. The van der Waals surface area contributed by atoms with E-state index in [2.05, 4.69) is 19.2 Å². The highest BCUT2D eigenvalue weighted by molar-refractivity contribution is 5.71. The summed E-state index contributed by atoms with van der Waals surface area (Å²) in [6, 6.07) is 9.54. The molecule has 1 N–H and O–H groups in total. The van der Waals surface area contributed by atoms with E-state index in [4.69, 9.17) is 18.9 Å². The molecule has 2 aliphatic rings. The van der Waals surface area contributed by atoms with Crippen molar-refractivity contribution in [3.63, 3.8) is 0 Å². The van der Waals surface area contributed by atoms with E-state index in [1.165, 1.54) is 0 Å². The second-order valence-corrected chi connectivity index (χ2v) is 10.9. The topological polar surface area (TPSA) is 83.1 Å². The first-order chi connectivity index (χ1) is 15.4. The van der Waals surface area contributed by atoms with Crippen molar-refractivity contribution < 1.29 is 28.5 Å². The molecule has 1 aliphatic heterocycles. The van der Waals surface area contributed by atoms with Gasteiger partial charge in [-0.05, 0) is 56.9 Å². The number of hydrogen-bond acceptors (Lipinski definition) is 6. The lowest BCUT2D eigenvalue weighted by molar-refractivity contribution is -0.259. The Kier molecular flexibility index (Phi) is 7.74. The molecule has 2 fully saturated rings. The molecule has 1 amide bonds. The number of hydrogen-bond donors (Lipinski definition) is 1. The predicted octanol–water partition coefficient (Wildman–Crippen LogP) is 4.69. The van der Waals surface area contributed by atoms with Gasteiger partial charge in [-0.3, -0.25) is 4.79 Å². The molecule has 1 aromatic rings. The van der Waals surface area contributed by atoms with Crippen LogP contribution in [-0.2, 0) is 30.3 Å². The molecule has 7 heteroatoms. The van der Waals surface area contributed by atoms with Crippen LogP contribution in [0.15, 0.2) is 30.3 Å². The first-order valence-electron chi connectivity index (χ1n) is 11.8. The van der Waals surface area contributed by atoms with Gasteiger partial charge in [-0.25, -0.2) is 4.79 Å². The summed E-state index contributed by atoms with van der Waals surface area (Å²) in [5.41, 5.74) is 0.243. The molecule has 0 aromatic heterocycles. The fraction of sp³-hybridized carbons (Fsp3) is 0.692. The summed E-state index contributed by atoms with van der Waals surface area (Å²) in [6.07, 6.45) is 0.601. The van der Waals surface area contributed by atoms with Crippen molar-refractivity contribution in [2.75, 3.05) is 19.8 Å². The third-order valence-corrected chi connectivity index (χ3v) is 6.98. The Morgan fingerprint density at radius 2 is 1.76 bits per heavy atom. The van der Waals surface area contributed by atoms with E-state index in [0.717, 1.165) is 12.0 Å². The van der Waals surface area contributed by atoms with Crippen molar-refractivity contribution in [1.29, 1.82) is 0 Å². The highest BCUT2D eigenvalue weighted by Crippen LogP contribution is 2.60. The Bertz CT molecular complexity index is 810. The molecule has 33 heavy (non-hydrogen) atoms. The minimum atomic E-state index is -0.599. The van der Waals surface area contributed by atoms with Gasteiger partial charge in [0, 0.05) is 12.5 Å². The van der Waals surface area contributed by atoms with E-state index >= 15 is 0 Å². The van der Waals surface area contributed by atoms with Gasteiger partial charge in [0.15, 0.2) is 5.79 Å². The second-order valence-electron chi connectivity index (χ2n) is 10.9. The van der Waals surface area contributed by atoms with Gasteiger partial charge in [-0.1, -0.05) is 44.2 Å². The quantitative estimate of drug-likeness (QED) is 0.566. The molecule has 3 rings (SSSR count). The van der Waals surface area contributed by atoms with Crippen molar-refractivity contribution in [3.05, 3.63) is 35.9 Å². The van der Waals surface area contributed by atoms with Crippen LogP contribution in [0.5, 0.6) is 0 Å². The zero-order valence-electron chi connectivity index (χ0n) is 20.8. The maximum absolute atomic E-state index is 12.7. The number of alkyl carbamates (subject to hydrolysis) is 1. The molecule has 184 valence electrons. The minimum absolute atomic E-state index is 0.0830. The monoisotopic (exact) mass is 461 g/mol. The molecule has 3 atom stereocenters. The standard InChI is InChI=1S/C26H39NO6/c1-24(2,3)33-22(28)14-19(16-27-23(29)30-17-18-10-8-7-9-11-18)20-15-21(25(20,4)5)26(6)31-12-13-32-26/h7-11,19-21H,12-17H2,1-6H3,(H,27,29)/t19-,20-,21-/m1/s1. The summed E-state index contributed by atoms with van der Waals surface area (Å²) in [7, 11) is 0. The number of benzene rings is 1. The van der Waals surface area contributed by atoms with Gasteiger partial charge in [0.1, 0.15) is 12.2 Å². The third-order valence-electron chi connectivity index (χ3n) is 6.98. The fourth-order valence-corrected chi connectivity index (χ4v) is 5.32. The van der Waals surface area contributed by atoms with Crippen molar-refractivity contribution >= 4 is 12.1 Å². The summed E-state index contributed by atoms with van der Waals surface area (Å²) >= 11 is 0. The molecule has 1 heterocycles. The Balaban J connectivity index is 1.62. The van der Waals surface area contributed by atoms with Gasteiger partial charge >= 0.3 is 12.1 Å². The van der Waals surface area contributed by atoms with E-state index in [1.54, 1.807) is 0 Å². The molecule has 1 saturated heterocycles. The first-order valence-corrected chi connectivity index (χ1v) is 11.8. The lowest BCUT2D eigenvalue weighted by atomic mass is 9.48. The van der Waals surface area contributed by atoms with E-state index in [0.29, 0.717) is 19.8 Å². The van der Waals surface area contributed by atoms with Crippen LogP contribution < -0.4 is 5.32 Å². The van der Waals surface area contributed by atoms with Crippen molar-refractivity contribution in [3.8, 4) is 0 Å². The lowest BCUT2D eigenvalue weighted by Gasteiger charge is -2.59. The summed E-state index contributed by atoms with van der Waals surface area (Å²) in [4.78, 5) is 25.0. The molecule has 0 unspecified atom stereocenters. The molecule has 1 saturated carbocycles. The Hall–Kier alpha value is -2.12. The van der Waals surface area contributed by atoms with Crippen LogP contribution in [0.1, 0.15) is 59.9 Å². The lowest BCUT2D eigenvalue weighted by Crippen LogP contribution is -2.59. The number of amides is 1. The van der Waals surface area contributed by atoms with Gasteiger partial charge in [0.2, 0.25) is 0 Å². The van der Waals surface area contributed by atoms with Crippen molar-refractivity contribution in [1.82, 2.24) is 5.32 Å². The number of carbonyl (C=O) groups is 2. The van der Waals surface area contributed by atoms with Crippen LogP contribution in [0.25, 0.3) is 0 Å². The van der Waals surface area contributed by atoms with Crippen LogP contribution >= 0.6 is 0 Å². The largest absolute Gasteiger partial charge is 0.460 e. The normalized spacial score (nSPS) is 24.4. The van der Waals surface area contributed by atoms with Gasteiger partial charge < -0.3 is 24.3 Å². The number of rotatable bonds is 8. The predicted molar refractivity (Wildman–Crippen MR) is 124 cm³/mol. The third kappa shape index (κ3) is 6.48. The summed E-state index contributed by atoms with van der Waals surface area (Å²) in [6.45, 7) is 13.7. The Labute approximate surface area is 197 Å². The zero-order valence-corrected chi connectivity index (χ0v) is 20.8. The number of ether oxygens (including phenoxy) is 4. The maximum atomic E-state index is 12.7. The van der Waals surface area contributed by atoms with Gasteiger partial charge in [0.05, 0.1) is 19.6 Å². The van der Waals surface area contributed by atoms with E-state index in [-0.39, 0.29) is 42.2 Å². The molecular formula is C26H39NO6. The fourth-order valence-electron chi connectivity index (χ4n) is 5.32. The summed E-state index contributed by atoms with van der Waals surface area (Å²) in [5, 5.41) is 2.87. The van der Waals surface area contributed by atoms with Gasteiger partial charge in [-0.15, -0.1) is 0 Å². The summed E-state index contributed by atoms with van der Waals surface area (Å²) < 4.78 is 22.8. The van der Waals surface area contributed by atoms with Gasteiger partial charge in [-0.2, -0.15) is 0 Å². The zero-order chi connectivity index (χ0) is 24.3. The molecule has 0 spiro atoms. The molecule has 1 aliphatic carbocycles.